The molecule has 2 bridgehead atoms. The first-order chi connectivity index (χ1) is 18.2. The maximum Gasteiger partial charge on any atom is 0.164 e. The molecule has 6 heterocycles. The Kier molecular flexibility index (Phi) is 5.74. The number of nitrogens with two attached hydrogens (primary N) is 1. The van der Waals surface area contributed by atoms with Crippen molar-refractivity contribution in [1.29, 1.82) is 0 Å². The van der Waals surface area contributed by atoms with Gasteiger partial charge in [0.15, 0.2) is 11.5 Å². The Hall–Kier alpha value is -3.56. The molecule has 3 fully saturated rings. The van der Waals surface area contributed by atoms with Gasteiger partial charge in [0.05, 0.1) is 29.8 Å². The second-order valence-corrected chi connectivity index (χ2v) is 10.6. The minimum absolute atomic E-state index is 0.280. The van der Waals surface area contributed by atoms with Crippen LogP contribution in [-0.2, 0) is 11.3 Å². The number of nitrogens with zero attached hydrogens (tertiary/aromatic N) is 7. The molecule has 3 saturated heterocycles. The summed E-state index contributed by atoms with van der Waals surface area (Å²) in [4.78, 5) is 19.3. The monoisotopic (exact) mass is 496 g/mol. The summed E-state index contributed by atoms with van der Waals surface area (Å²) < 4.78 is 8.26. The lowest BCUT2D eigenvalue weighted by Gasteiger charge is -2.33. The number of rotatable bonds is 5. The van der Waals surface area contributed by atoms with Gasteiger partial charge in [-0.25, -0.2) is 14.6 Å². The fourth-order valence-electron chi connectivity index (χ4n) is 6.04. The Labute approximate surface area is 216 Å². The highest BCUT2D eigenvalue weighted by atomic mass is 16.5. The van der Waals surface area contributed by atoms with E-state index < -0.39 is 0 Å². The second kappa shape index (κ2) is 9.39. The van der Waals surface area contributed by atoms with Gasteiger partial charge in [-0.1, -0.05) is 6.07 Å². The van der Waals surface area contributed by atoms with Crippen molar-refractivity contribution in [2.75, 3.05) is 36.8 Å². The normalized spacial score (nSPS) is 22.6. The number of hydrogen-bond donors (Lipinski definition) is 1. The predicted octanol–water partition coefficient (Wildman–Crippen LogP) is 3.68. The smallest absolute Gasteiger partial charge is 0.164 e. The van der Waals surface area contributed by atoms with Crippen molar-refractivity contribution in [2.24, 2.45) is 0 Å². The molecule has 3 aromatic heterocycles. The zero-order valence-corrected chi connectivity index (χ0v) is 20.9. The number of morpholine rings is 1. The Morgan fingerprint density at radius 1 is 0.919 bits per heavy atom. The Morgan fingerprint density at radius 2 is 1.70 bits per heavy atom. The van der Waals surface area contributed by atoms with E-state index in [0.29, 0.717) is 6.04 Å². The lowest BCUT2D eigenvalue weighted by Crippen LogP contribution is -2.43. The van der Waals surface area contributed by atoms with E-state index in [0.717, 1.165) is 92.3 Å². The van der Waals surface area contributed by atoms with Crippen molar-refractivity contribution in [3.8, 4) is 11.4 Å². The van der Waals surface area contributed by atoms with Crippen molar-refractivity contribution < 1.29 is 4.74 Å². The quantitative estimate of drug-likeness (QED) is 0.418. The summed E-state index contributed by atoms with van der Waals surface area (Å²) in [6, 6.07) is 12.3. The van der Waals surface area contributed by atoms with Crippen molar-refractivity contribution in [2.45, 2.75) is 50.5 Å². The van der Waals surface area contributed by atoms with E-state index in [9.17, 15) is 0 Å². The third-order valence-electron chi connectivity index (χ3n) is 7.98. The number of fused-ring (bicyclic) bond motifs is 3. The SMILES string of the molecule is Nc1ccc(-c2nc(N3CC4CCC(C3)O4)c3cnn(C4CCN(Cc5cccnc5)CC4)c3n2)cc1. The molecule has 9 heteroatoms. The zero-order chi connectivity index (χ0) is 24.8. The molecule has 2 unspecified atom stereocenters. The van der Waals surface area contributed by atoms with Crippen LogP contribution in [0.15, 0.2) is 55.0 Å². The minimum Gasteiger partial charge on any atom is -0.399 e. The topological polar surface area (TPSA) is 98.2 Å². The van der Waals surface area contributed by atoms with Gasteiger partial charge in [0, 0.05) is 56.4 Å². The number of hydrogen-bond acceptors (Lipinski definition) is 8. The summed E-state index contributed by atoms with van der Waals surface area (Å²) in [6.45, 7) is 4.71. The van der Waals surface area contributed by atoms with Crippen molar-refractivity contribution in [1.82, 2.24) is 29.6 Å². The van der Waals surface area contributed by atoms with Crippen LogP contribution in [0.25, 0.3) is 22.4 Å². The molecule has 2 atom stereocenters. The number of piperidine rings is 1. The molecular weight excluding hydrogens is 464 g/mol. The lowest BCUT2D eigenvalue weighted by atomic mass is 10.0. The highest BCUT2D eigenvalue weighted by molar-refractivity contribution is 5.89. The van der Waals surface area contributed by atoms with Gasteiger partial charge in [0.1, 0.15) is 5.82 Å². The summed E-state index contributed by atoms with van der Waals surface area (Å²) in [6.07, 6.45) is 10.6. The Balaban J connectivity index is 1.21. The molecule has 0 amide bonds. The van der Waals surface area contributed by atoms with Crippen LogP contribution in [0.1, 0.15) is 37.3 Å². The van der Waals surface area contributed by atoms with Crippen LogP contribution in [0.5, 0.6) is 0 Å². The highest BCUT2D eigenvalue weighted by Gasteiger charge is 2.35. The number of benzene rings is 1. The highest BCUT2D eigenvalue weighted by Crippen LogP contribution is 2.35. The second-order valence-electron chi connectivity index (χ2n) is 10.6. The molecule has 190 valence electrons. The minimum atomic E-state index is 0.280. The molecule has 2 N–H and O–H groups in total. The van der Waals surface area contributed by atoms with E-state index in [1.165, 1.54) is 5.56 Å². The van der Waals surface area contributed by atoms with Crippen LogP contribution < -0.4 is 10.6 Å². The summed E-state index contributed by atoms with van der Waals surface area (Å²) in [7, 11) is 0. The Bertz CT molecular complexity index is 1370. The molecule has 4 aromatic rings. The number of pyridine rings is 1. The summed E-state index contributed by atoms with van der Waals surface area (Å²) in [5.41, 5.74) is 9.84. The summed E-state index contributed by atoms with van der Waals surface area (Å²) in [5.74, 6) is 1.69. The van der Waals surface area contributed by atoms with Crippen LogP contribution in [0.4, 0.5) is 11.5 Å². The molecule has 3 aliphatic heterocycles. The average Bonchev–Trinajstić information content (AvgIpc) is 3.51. The molecule has 7 rings (SSSR count). The molecule has 0 aliphatic carbocycles. The van der Waals surface area contributed by atoms with E-state index in [1.54, 1.807) is 0 Å². The summed E-state index contributed by atoms with van der Waals surface area (Å²) >= 11 is 0. The van der Waals surface area contributed by atoms with E-state index in [4.69, 9.17) is 25.5 Å². The molecule has 0 spiro atoms. The molecule has 1 aromatic carbocycles. The molecular formula is C28H32N8O. The van der Waals surface area contributed by atoms with Crippen LogP contribution in [0.2, 0.25) is 0 Å². The van der Waals surface area contributed by atoms with Gasteiger partial charge in [-0.15, -0.1) is 0 Å². The van der Waals surface area contributed by atoms with Gasteiger partial charge in [-0.3, -0.25) is 9.88 Å². The maximum absolute atomic E-state index is 6.11. The van der Waals surface area contributed by atoms with Crippen LogP contribution in [0.3, 0.4) is 0 Å². The Morgan fingerprint density at radius 3 is 2.43 bits per heavy atom. The molecule has 37 heavy (non-hydrogen) atoms. The van der Waals surface area contributed by atoms with Gasteiger partial charge in [0.2, 0.25) is 0 Å². The molecule has 0 radical (unpaired) electrons. The summed E-state index contributed by atoms with van der Waals surface area (Å²) in [5, 5.41) is 5.92. The van der Waals surface area contributed by atoms with Crippen molar-refractivity contribution >= 4 is 22.5 Å². The van der Waals surface area contributed by atoms with E-state index in [1.807, 2.05) is 48.9 Å². The largest absolute Gasteiger partial charge is 0.399 e. The van der Waals surface area contributed by atoms with Crippen LogP contribution in [-0.4, -0.2) is 68.0 Å². The first-order valence-corrected chi connectivity index (χ1v) is 13.3. The third kappa shape index (κ3) is 4.42. The molecule has 3 aliphatic rings. The number of likely N-dealkylation sites (tertiary alicyclic amines) is 1. The number of aromatic nitrogens is 5. The van der Waals surface area contributed by atoms with Gasteiger partial charge >= 0.3 is 0 Å². The zero-order valence-electron chi connectivity index (χ0n) is 20.9. The lowest BCUT2D eigenvalue weighted by molar-refractivity contribution is 0.0303. The van der Waals surface area contributed by atoms with Crippen LogP contribution in [0, 0.1) is 0 Å². The van der Waals surface area contributed by atoms with Gasteiger partial charge in [-0.2, -0.15) is 5.10 Å². The fourth-order valence-corrected chi connectivity index (χ4v) is 6.04. The fraction of sp³-hybridized carbons (Fsp3) is 0.429. The van der Waals surface area contributed by atoms with E-state index in [-0.39, 0.29) is 12.2 Å². The average molecular weight is 497 g/mol. The maximum atomic E-state index is 6.11. The first kappa shape index (κ1) is 22.6. The van der Waals surface area contributed by atoms with Gasteiger partial charge < -0.3 is 15.4 Å². The van der Waals surface area contributed by atoms with E-state index >= 15 is 0 Å². The van der Waals surface area contributed by atoms with Gasteiger partial charge in [-0.05, 0) is 61.6 Å². The molecule has 0 saturated carbocycles. The third-order valence-corrected chi connectivity index (χ3v) is 7.98. The van der Waals surface area contributed by atoms with Gasteiger partial charge in [0.25, 0.3) is 0 Å². The number of anilines is 2. The van der Waals surface area contributed by atoms with E-state index in [2.05, 4.69) is 25.5 Å². The first-order valence-electron chi connectivity index (χ1n) is 13.3. The van der Waals surface area contributed by atoms with Crippen molar-refractivity contribution in [3.05, 3.63) is 60.6 Å². The van der Waals surface area contributed by atoms with Crippen molar-refractivity contribution in [3.63, 3.8) is 0 Å². The predicted molar refractivity (Wildman–Crippen MR) is 143 cm³/mol. The number of ether oxygens (including phenoxy) is 1. The van der Waals surface area contributed by atoms with Crippen LogP contribution >= 0.6 is 0 Å². The number of nitrogen functional groups attached to an aromatic ring is 1. The standard InChI is InChI=1S/C28H32N8O/c29-21-5-3-20(4-6-21)26-32-27(35-17-23-7-8-24(18-35)37-23)25-15-31-36(28(25)33-26)22-9-12-34(13-10-22)16-19-2-1-11-30-14-19/h1-6,11,14-15,22-24H,7-10,12-13,16-18,29H2. The molecule has 9 nitrogen and oxygen atoms in total.